The lowest BCUT2D eigenvalue weighted by Crippen LogP contribution is -2.28. The van der Waals surface area contributed by atoms with Crippen molar-refractivity contribution in [3.63, 3.8) is 0 Å². The van der Waals surface area contributed by atoms with Crippen molar-refractivity contribution in [3.8, 4) is 0 Å². The molecule has 2 fully saturated rings. The van der Waals surface area contributed by atoms with Gasteiger partial charge in [-0.3, -0.25) is 9.59 Å². The predicted octanol–water partition coefficient (Wildman–Crippen LogP) is 3.20. The number of nitrogens with one attached hydrogen (secondary N) is 1. The van der Waals surface area contributed by atoms with E-state index < -0.39 is 11.7 Å². The molecule has 2 heterocycles. The summed E-state index contributed by atoms with van der Waals surface area (Å²) in [6.07, 6.45) is 2.31. The number of carbonyl (C=O) groups excluding carboxylic acids is 2. The van der Waals surface area contributed by atoms with E-state index >= 15 is 0 Å². The Hall–Kier alpha value is -2.06. The van der Waals surface area contributed by atoms with Gasteiger partial charge < -0.3 is 10.2 Å². The largest absolute Gasteiger partial charge is 0.311 e. The van der Waals surface area contributed by atoms with E-state index in [2.05, 4.69) is 15.5 Å². The Balaban J connectivity index is 1.43. The lowest BCUT2D eigenvalue weighted by atomic mass is 10.1. The molecule has 1 aliphatic heterocycles. The van der Waals surface area contributed by atoms with Gasteiger partial charge >= 0.3 is 0 Å². The van der Waals surface area contributed by atoms with Crippen LogP contribution in [0.2, 0.25) is 5.02 Å². The summed E-state index contributed by atoms with van der Waals surface area (Å²) in [5, 5.41) is 12.2. The first-order valence-corrected chi connectivity index (χ1v) is 9.10. The highest BCUT2D eigenvalue weighted by Crippen LogP contribution is 2.42. The molecule has 1 saturated heterocycles. The van der Waals surface area contributed by atoms with Crippen LogP contribution in [0.15, 0.2) is 18.2 Å². The van der Waals surface area contributed by atoms with Gasteiger partial charge in [-0.15, -0.1) is 10.2 Å². The molecule has 1 aromatic heterocycles. The number of anilines is 2. The molecule has 1 aromatic carbocycles. The summed E-state index contributed by atoms with van der Waals surface area (Å²) < 4.78 is 13.6. The van der Waals surface area contributed by atoms with E-state index in [9.17, 15) is 14.0 Å². The van der Waals surface area contributed by atoms with Gasteiger partial charge in [0.05, 0.1) is 10.9 Å². The number of amides is 2. The van der Waals surface area contributed by atoms with Crippen molar-refractivity contribution in [2.45, 2.75) is 25.2 Å². The Labute approximate surface area is 152 Å². The Morgan fingerprint density at radius 2 is 2.16 bits per heavy atom. The summed E-state index contributed by atoms with van der Waals surface area (Å²) in [5.74, 6) is -1.13. The average Bonchev–Trinajstić information content (AvgIpc) is 3.21. The number of halogens is 2. The van der Waals surface area contributed by atoms with Crippen molar-refractivity contribution in [2.24, 2.45) is 5.92 Å². The minimum Gasteiger partial charge on any atom is -0.311 e. The van der Waals surface area contributed by atoms with E-state index in [4.69, 9.17) is 11.6 Å². The molecule has 0 bridgehead atoms. The minimum absolute atomic E-state index is 0.00701. The molecule has 0 radical (unpaired) electrons. The standard InChI is InChI=1S/C16H14ClFN4O2S/c17-11-4-3-10(6-12(11)18)22-7-9(5-13(22)23)14(24)19-16-21-20-15(25-16)8-1-2-8/h3-4,6,8-9H,1-2,5,7H2,(H,19,21,24). The molecule has 2 amide bonds. The monoisotopic (exact) mass is 380 g/mol. The maximum atomic E-state index is 13.6. The fraction of sp³-hybridized carbons (Fsp3) is 0.375. The molecule has 130 valence electrons. The zero-order valence-electron chi connectivity index (χ0n) is 13.0. The third-order valence-corrected chi connectivity index (χ3v) is 5.62. The number of hydrogen-bond acceptors (Lipinski definition) is 5. The molecule has 1 aliphatic carbocycles. The summed E-state index contributed by atoms with van der Waals surface area (Å²) in [6, 6.07) is 4.16. The number of rotatable bonds is 4. The second kappa shape index (κ2) is 6.34. The Bertz CT molecular complexity index is 854. The molecule has 9 heteroatoms. The molecular weight excluding hydrogens is 367 g/mol. The van der Waals surface area contributed by atoms with Crippen molar-refractivity contribution in [3.05, 3.63) is 34.0 Å². The van der Waals surface area contributed by atoms with Crippen LogP contribution < -0.4 is 10.2 Å². The minimum atomic E-state index is -0.596. The molecule has 1 N–H and O–H groups in total. The van der Waals surface area contributed by atoms with Gasteiger partial charge in [0.25, 0.3) is 0 Å². The Morgan fingerprint density at radius 3 is 2.88 bits per heavy atom. The third-order valence-electron chi connectivity index (χ3n) is 4.31. The zero-order chi connectivity index (χ0) is 17.6. The normalized spacial score (nSPS) is 20.2. The lowest BCUT2D eigenvalue weighted by Gasteiger charge is -2.16. The second-order valence-corrected chi connectivity index (χ2v) is 7.63. The summed E-state index contributed by atoms with van der Waals surface area (Å²) in [7, 11) is 0. The van der Waals surface area contributed by atoms with E-state index in [1.165, 1.54) is 28.4 Å². The van der Waals surface area contributed by atoms with Gasteiger partial charge in [0.2, 0.25) is 16.9 Å². The lowest BCUT2D eigenvalue weighted by molar-refractivity contribution is -0.122. The number of carbonyl (C=O) groups is 2. The van der Waals surface area contributed by atoms with Gasteiger partial charge in [-0.2, -0.15) is 0 Å². The number of aromatic nitrogens is 2. The quantitative estimate of drug-likeness (QED) is 0.883. The first-order chi connectivity index (χ1) is 12.0. The highest BCUT2D eigenvalue weighted by molar-refractivity contribution is 7.15. The number of nitrogens with zero attached hydrogens (tertiary/aromatic N) is 3. The van der Waals surface area contributed by atoms with Crippen LogP contribution in [0.5, 0.6) is 0 Å². The van der Waals surface area contributed by atoms with E-state index in [0.29, 0.717) is 16.7 Å². The molecule has 2 aliphatic rings. The van der Waals surface area contributed by atoms with E-state index in [1.54, 1.807) is 6.07 Å². The number of hydrogen-bond donors (Lipinski definition) is 1. The van der Waals surface area contributed by atoms with E-state index in [1.807, 2.05) is 0 Å². The Morgan fingerprint density at radius 1 is 1.36 bits per heavy atom. The highest BCUT2D eigenvalue weighted by Gasteiger charge is 2.36. The average molecular weight is 381 g/mol. The molecule has 0 spiro atoms. The van der Waals surface area contributed by atoms with Crippen molar-refractivity contribution >= 4 is 45.6 Å². The fourth-order valence-corrected chi connectivity index (χ4v) is 3.81. The van der Waals surface area contributed by atoms with Crippen LogP contribution in [0.1, 0.15) is 30.2 Å². The molecule has 25 heavy (non-hydrogen) atoms. The van der Waals surface area contributed by atoms with E-state index in [0.717, 1.165) is 17.8 Å². The zero-order valence-corrected chi connectivity index (χ0v) is 14.6. The molecule has 6 nitrogen and oxygen atoms in total. The topological polar surface area (TPSA) is 75.2 Å². The summed E-state index contributed by atoms with van der Waals surface area (Å²) in [4.78, 5) is 26.0. The highest BCUT2D eigenvalue weighted by atomic mass is 35.5. The van der Waals surface area contributed by atoms with Crippen LogP contribution >= 0.6 is 22.9 Å². The maximum absolute atomic E-state index is 13.6. The first-order valence-electron chi connectivity index (χ1n) is 7.91. The smallest absolute Gasteiger partial charge is 0.231 e. The first kappa shape index (κ1) is 16.4. The SMILES string of the molecule is O=C(Nc1nnc(C2CC2)s1)C1CC(=O)N(c2ccc(Cl)c(F)c2)C1. The summed E-state index contributed by atoms with van der Waals surface area (Å²) >= 11 is 7.04. The van der Waals surface area contributed by atoms with Gasteiger partial charge in [0.15, 0.2) is 0 Å². The molecule has 1 saturated carbocycles. The van der Waals surface area contributed by atoms with Crippen molar-refractivity contribution in [1.82, 2.24) is 10.2 Å². The molecule has 1 unspecified atom stereocenters. The van der Waals surface area contributed by atoms with Crippen LogP contribution in [-0.4, -0.2) is 28.6 Å². The van der Waals surface area contributed by atoms with Crippen LogP contribution in [0.25, 0.3) is 0 Å². The second-order valence-electron chi connectivity index (χ2n) is 6.21. The van der Waals surface area contributed by atoms with Crippen LogP contribution in [0.4, 0.5) is 15.2 Å². The van der Waals surface area contributed by atoms with Gasteiger partial charge in [-0.25, -0.2) is 4.39 Å². The van der Waals surface area contributed by atoms with Crippen LogP contribution in [-0.2, 0) is 9.59 Å². The molecule has 4 rings (SSSR count). The molecular formula is C16H14ClFN4O2S. The molecule has 2 aromatic rings. The van der Waals surface area contributed by atoms with E-state index in [-0.39, 0.29) is 29.8 Å². The predicted molar refractivity (Wildman–Crippen MR) is 92.4 cm³/mol. The third kappa shape index (κ3) is 3.36. The fourth-order valence-electron chi connectivity index (χ4n) is 2.77. The number of benzene rings is 1. The summed E-state index contributed by atoms with van der Waals surface area (Å²) in [5.41, 5.74) is 0.397. The van der Waals surface area contributed by atoms with Gasteiger partial charge in [0.1, 0.15) is 10.8 Å². The van der Waals surface area contributed by atoms with Gasteiger partial charge in [-0.1, -0.05) is 22.9 Å². The van der Waals surface area contributed by atoms with Crippen LogP contribution in [0, 0.1) is 11.7 Å². The van der Waals surface area contributed by atoms with Gasteiger partial charge in [0, 0.05) is 24.6 Å². The Kier molecular flexibility index (Phi) is 4.16. The van der Waals surface area contributed by atoms with Crippen LogP contribution in [0.3, 0.4) is 0 Å². The van der Waals surface area contributed by atoms with Crippen molar-refractivity contribution < 1.29 is 14.0 Å². The summed E-state index contributed by atoms with van der Waals surface area (Å²) in [6.45, 7) is 0.194. The van der Waals surface area contributed by atoms with Crippen molar-refractivity contribution in [1.29, 1.82) is 0 Å². The molecule has 1 atom stereocenters. The van der Waals surface area contributed by atoms with Gasteiger partial charge in [-0.05, 0) is 31.0 Å². The maximum Gasteiger partial charge on any atom is 0.231 e. The van der Waals surface area contributed by atoms with Crippen molar-refractivity contribution in [2.75, 3.05) is 16.8 Å².